The molecule has 1 heterocycles. The summed E-state index contributed by atoms with van der Waals surface area (Å²) in [4.78, 5) is 3.72. The molecule has 14 heavy (non-hydrogen) atoms. The Balaban J connectivity index is 0. The maximum absolute atomic E-state index is 10.4. The lowest BCUT2D eigenvalue weighted by Gasteiger charge is -1.90. The summed E-state index contributed by atoms with van der Waals surface area (Å²) in [5.74, 6) is 0.383. The third-order valence-electron chi connectivity index (χ3n) is 0.904. The average Bonchev–Trinajstić information content (AvgIpc) is 2.11. The van der Waals surface area contributed by atoms with E-state index in [0.29, 0.717) is 10.8 Å². The molecule has 1 rings (SSSR count). The number of pyridine rings is 1. The summed E-state index contributed by atoms with van der Waals surface area (Å²) >= 11 is 5.52. The molecule has 1 aromatic heterocycles. The Bertz CT molecular complexity index is 227. The number of rotatable bonds is 1. The van der Waals surface area contributed by atoms with Crippen LogP contribution in [0.25, 0.3) is 0 Å². The fourth-order valence-corrected chi connectivity index (χ4v) is 0.519. The van der Waals surface area contributed by atoms with Crippen LogP contribution in [0, 0.1) is 0 Å². The highest BCUT2D eigenvalue weighted by molar-refractivity contribution is 6.32. The van der Waals surface area contributed by atoms with Crippen LogP contribution in [-0.2, 0) is 0 Å². The van der Waals surface area contributed by atoms with Gasteiger partial charge >= 0.3 is 0 Å². The number of halogens is 5. The van der Waals surface area contributed by atoms with Gasteiger partial charge in [-0.15, -0.1) is 12.4 Å². The van der Waals surface area contributed by atoms with Crippen molar-refractivity contribution in [2.75, 3.05) is 12.4 Å². The van der Waals surface area contributed by atoms with Crippen LogP contribution in [-0.4, -0.2) is 18.1 Å². The third kappa shape index (κ3) is 7.94. The van der Waals surface area contributed by atoms with Gasteiger partial charge in [-0.2, -0.15) is 0 Å². The van der Waals surface area contributed by atoms with Crippen molar-refractivity contribution < 1.29 is 13.2 Å². The van der Waals surface area contributed by atoms with E-state index < -0.39 is 13.1 Å². The van der Waals surface area contributed by atoms with E-state index in [1.165, 1.54) is 0 Å². The molecule has 0 aliphatic heterocycles. The summed E-state index contributed by atoms with van der Waals surface area (Å²) < 4.78 is 31.1. The second-order valence-electron chi connectivity index (χ2n) is 1.92. The van der Waals surface area contributed by atoms with Crippen LogP contribution in [0.15, 0.2) is 18.3 Å². The van der Waals surface area contributed by atoms with Crippen LogP contribution in [0.1, 0.15) is 0 Å². The van der Waals surface area contributed by atoms with Crippen molar-refractivity contribution in [3.63, 3.8) is 0 Å². The monoisotopic (exact) mass is 248 g/mol. The van der Waals surface area contributed by atoms with Crippen LogP contribution < -0.4 is 5.73 Å². The van der Waals surface area contributed by atoms with E-state index in [1.54, 1.807) is 18.3 Å². The number of nitrogen functional groups attached to an aromatic ring is 1. The molecule has 2 nitrogen and oxygen atoms in total. The van der Waals surface area contributed by atoms with E-state index >= 15 is 0 Å². The lowest BCUT2D eigenvalue weighted by molar-refractivity contribution is 0.113. The molecular weight excluding hydrogens is 240 g/mol. The summed E-state index contributed by atoms with van der Waals surface area (Å²) in [5.41, 5.74) is 5.28. The zero-order valence-corrected chi connectivity index (χ0v) is 8.53. The quantitative estimate of drug-likeness (QED) is 0.830. The van der Waals surface area contributed by atoms with Gasteiger partial charge in [0.2, 0.25) is 0 Å². The first-order chi connectivity index (χ1) is 6.07. The minimum Gasteiger partial charge on any atom is -0.382 e. The van der Waals surface area contributed by atoms with E-state index in [4.69, 9.17) is 17.3 Å². The van der Waals surface area contributed by atoms with E-state index in [-0.39, 0.29) is 12.4 Å². The van der Waals surface area contributed by atoms with Gasteiger partial charge in [-0.3, -0.25) is 0 Å². The molecule has 82 valence electrons. The van der Waals surface area contributed by atoms with Crippen molar-refractivity contribution in [3.05, 3.63) is 23.4 Å². The predicted molar refractivity (Wildman–Crippen MR) is 52.9 cm³/mol. The third-order valence-corrected chi connectivity index (χ3v) is 1.22. The Morgan fingerprint density at radius 2 is 2.00 bits per heavy atom. The van der Waals surface area contributed by atoms with Crippen molar-refractivity contribution in [1.29, 1.82) is 0 Å². The van der Waals surface area contributed by atoms with Gasteiger partial charge < -0.3 is 5.73 Å². The average molecular weight is 249 g/mol. The highest BCUT2D eigenvalue weighted by atomic mass is 35.5. The fraction of sp³-hybridized carbons (Fsp3) is 0.286. The minimum absolute atomic E-state index is 0. The number of nitrogens with two attached hydrogens (primary N) is 1. The fourth-order valence-electron chi connectivity index (χ4n) is 0.398. The predicted octanol–water partition coefficient (Wildman–Crippen LogP) is 2.96. The summed E-state index contributed by atoms with van der Waals surface area (Å²) in [6.45, 7) is -1.53. The van der Waals surface area contributed by atoms with E-state index in [9.17, 15) is 13.2 Å². The normalized spacial score (nSPS) is 8.64. The highest BCUT2D eigenvalue weighted by Gasteiger charge is 1.95. The number of nitrogens with zero attached hydrogens (tertiary/aromatic N) is 1. The Kier molecular flexibility index (Phi) is 10.0. The highest BCUT2D eigenvalue weighted by Crippen LogP contribution is 2.12. The van der Waals surface area contributed by atoms with Gasteiger partial charge in [0, 0.05) is 6.20 Å². The first-order valence-electron chi connectivity index (χ1n) is 3.28. The van der Waals surface area contributed by atoms with Gasteiger partial charge in [0.1, 0.15) is 5.82 Å². The molecule has 0 atom stereocenters. The van der Waals surface area contributed by atoms with Crippen LogP contribution in [0.2, 0.25) is 5.02 Å². The molecule has 0 radical (unpaired) electrons. The maximum atomic E-state index is 10.4. The van der Waals surface area contributed by atoms with Gasteiger partial charge in [0.15, 0.2) is 6.67 Å². The zero-order valence-electron chi connectivity index (χ0n) is 6.96. The van der Waals surface area contributed by atoms with Crippen LogP contribution in [0.5, 0.6) is 0 Å². The largest absolute Gasteiger partial charge is 0.382 e. The van der Waals surface area contributed by atoms with Crippen molar-refractivity contribution in [3.8, 4) is 0 Å². The van der Waals surface area contributed by atoms with Gasteiger partial charge in [0.25, 0.3) is 6.43 Å². The van der Waals surface area contributed by atoms with Crippen LogP contribution in [0.3, 0.4) is 0 Å². The molecule has 0 saturated heterocycles. The number of alkyl halides is 3. The topological polar surface area (TPSA) is 38.9 Å². The van der Waals surface area contributed by atoms with Gasteiger partial charge in [-0.05, 0) is 12.1 Å². The van der Waals surface area contributed by atoms with E-state index in [0.717, 1.165) is 0 Å². The zero-order chi connectivity index (χ0) is 10.3. The molecular formula is C7H9Cl2F3N2. The molecule has 0 amide bonds. The second-order valence-corrected chi connectivity index (χ2v) is 2.32. The smallest absolute Gasteiger partial charge is 0.266 e. The van der Waals surface area contributed by atoms with Crippen molar-refractivity contribution >= 4 is 29.8 Å². The van der Waals surface area contributed by atoms with Gasteiger partial charge in [0.05, 0.1) is 5.02 Å². The number of hydrogen-bond acceptors (Lipinski definition) is 2. The lowest BCUT2D eigenvalue weighted by Crippen LogP contribution is -1.88. The molecule has 7 heteroatoms. The minimum atomic E-state index is -2.78. The molecule has 0 aliphatic carbocycles. The standard InChI is InChI=1S/C5H5ClN2.C2H3F3.ClH/c6-4-2-1-3-8-5(4)7;3-1-2(4)5;/h1-3H,(H2,7,8);2H,1H2;1H. The first kappa shape index (κ1) is 15.8. The second kappa shape index (κ2) is 8.90. The Labute approximate surface area is 90.7 Å². The number of anilines is 1. The van der Waals surface area contributed by atoms with Crippen LogP contribution >= 0.6 is 24.0 Å². The summed E-state index contributed by atoms with van der Waals surface area (Å²) in [6.07, 6.45) is -1.18. The lowest BCUT2D eigenvalue weighted by atomic mass is 10.5. The molecule has 2 N–H and O–H groups in total. The summed E-state index contributed by atoms with van der Waals surface area (Å²) in [5, 5.41) is 0.507. The van der Waals surface area contributed by atoms with E-state index in [1.807, 2.05) is 0 Å². The Morgan fingerprint density at radius 1 is 1.50 bits per heavy atom. The molecule has 0 aliphatic rings. The number of aromatic nitrogens is 1. The SMILES string of the molecule is Cl.FCC(F)F.Nc1ncccc1Cl. The maximum Gasteiger partial charge on any atom is 0.266 e. The summed E-state index contributed by atoms with van der Waals surface area (Å²) in [7, 11) is 0. The number of hydrogen-bond donors (Lipinski definition) is 1. The van der Waals surface area contributed by atoms with Gasteiger partial charge in [-0.25, -0.2) is 18.2 Å². The van der Waals surface area contributed by atoms with Crippen LogP contribution in [0.4, 0.5) is 19.0 Å². The van der Waals surface area contributed by atoms with Crippen molar-refractivity contribution in [2.45, 2.75) is 6.43 Å². The van der Waals surface area contributed by atoms with E-state index in [2.05, 4.69) is 4.98 Å². The van der Waals surface area contributed by atoms with Crippen molar-refractivity contribution in [1.82, 2.24) is 4.98 Å². The Hall–Kier alpha value is -0.680. The van der Waals surface area contributed by atoms with Gasteiger partial charge in [-0.1, -0.05) is 11.6 Å². The molecule has 0 spiro atoms. The molecule has 0 saturated carbocycles. The van der Waals surface area contributed by atoms with Crippen molar-refractivity contribution in [2.24, 2.45) is 0 Å². The molecule has 1 aromatic rings. The first-order valence-corrected chi connectivity index (χ1v) is 3.65. The molecule has 0 unspecified atom stereocenters. The summed E-state index contributed by atoms with van der Waals surface area (Å²) in [6, 6.07) is 3.43. The molecule has 0 fully saturated rings. The molecule has 0 aromatic carbocycles. The Morgan fingerprint density at radius 3 is 2.21 bits per heavy atom. The molecule has 0 bridgehead atoms.